The molecule has 3 amide bonds. The molecule has 7 heteroatoms. The Labute approximate surface area is 185 Å². The van der Waals surface area contributed by atoms with Crippen molar-refractivity contribution >= 4 is 45.8 Å². The highest BCUT2D eigenvalue weighted by atomic mass is 35.5. The number of rotatable bonds is 5. The molecule has 6 nitrogen and oxygen atoms in total. The third-order valence-corrected chi connectivity index (χ3v) is 5.67. The van der Waals surface area contributed by atoms with Crippen LogP contribution in [0, 0.1) is 0 Å². The largest absolute Gasteiger partial charge is 0.330 e. The minimum Gasteiger partial charge on any atom is -0.330 e. The molecule has 0 unspecified atom stereocenters. The Kier molecular flexibility index (Phi) is 5.91. The zero-order valence-electron chi connectivity index (χ0n) is 17.1. The van der Waals surface area contributed by atoms with Gasteiger partial charge in [-0.25, -0.2) is 0 Å². The third kappa shape index (κ3) is 4.39. The fraction of sp³-hybridized carbons (Fsp3) is 0.208. The predicted molar refractivity (Wildman–Crippen MR) is 121 cm³/mol. The second-order valence-corrected chi connectivity index (χ2v) is 7.85. The quantitative estimate of drug-likeness (QED) is 0.612. The smallest absolute Gasteiger partial charge is 0.254 e. The number of halogens is 1. The van der Waals surface area contributed by atoms with Crippen LogP contribution in [0.4, 0.5) is 5.69 Å². The van der Waals surface area contributed by atoms with E-state index < -0.39 is 0 Å². The van der Waals surface area contributed by atoms with Crippen LogP contribution in [0.1, 0.15) is 17.3 Å². The molecule has 158 valence electrons. The minimum atomic E-state index is -0.263. The Bertz CT molecular complexity index is 1150. The summed E-state index contributed by atoms with van der Waals surface area (Å²) in [5.41, 5.74) is 1.22. The lowest BCUT2D eigenvalue weighted by Gasteiger charge is -2.24. The lowest BCUT2D eigenvalue weighted by molar-refractivity contribution is -0.132. The molecule has 31 heavy (non-hydrogen) atoms. The van der Waals surface area contributed by atoms with E-state index in [0.29, 0.717) is 22.8 Å². The lowest BCUT2D eigenvalue weighted by atomic mass is 10.1. The number of likely N-dealkylation sites (N-methyl/N-ethyl adjacent to an activating group) is 1. The molecular formula is C24H22ClN3O3. The molecule has 0 N–H and O–H groups in total. The topological polar surface area (TPSA) is 60.9 Å². The first-order valence-electron chi connectivity index (χ1n) is 10.1. The zero-order chi connectivity index (χ0) is 22.0. The summed E-state index contributed by atoms with van der Waals surface area (Å²) < 4.78 is 0. The summed E-state index contributed by atoms with van der Waals surface area (Å²) >= 11 is 5.91. The van der Waals surface area contributed by atoms with Crippen molar-refractivity contribution < 1.29 is 14.4 Å². The van der Waals surface area contributed by atoms with Gasteiger partial charge in [0.1, 0.15) is 19.8 Å². The van der Waals surface area contributed by atoms with Gasteiger partial charge in [0.15, 0.2) is 0 Å². The average Bonchev–Trinajstić information content (AvgIpc) is 3.18. The fourth-order valence-electron chi connectivity index (χ4n) is 3.66. The van der Waals surface area contributed by atoms with Crippen molar-refractivity contribution in [1.82, 2.24) is 9.80 Å². The molecule has 1 heterocycles. The molecule has 1 aliphatic rings. The van der Waals surface area contributed by atoms with Crippen molar-refractivity contribution in [3.8, 4) is 0 Å². The van der Waals surface area contributed by atoms with E-state index in [1.807, 2.05) is 43.3 Å². The van der Waals surface area contributed by atoms with Crippen LogP contribution in [0.3, 0.4) is 0 Å². The summed E-state index contributed by atoms with van der Waals surface area (Å²) in [4.78, 5) is 42.8. The standard InChI is InChI=1S/C24H22ClN3O3/c1-2-26(24(31)19-8-7-17-5-3-4-6-18(17)13-19)14-22(29)27-15-23(30)28(16-27)21-11-9-20(25)10-12-21/h3-13H,2,14-16H2,1H3. The highest BCUT2D eigenvalue weighted by molar-refractivity contribution is 6.30. The summed E-state index contributed by atoms with van der Waals surface area (Å²) in [6, 6.07) is 20.2. The maximum Gasteiger partial charge on any atom is 0.254 e. The molecule has 1 aliphatic heterocycles. The van der Waals surface area contributed by atoms with Crippen LogP contribution >= 0.6 is 11.6 Å². The summed E-state index contributed by atoms with van der Waals surface area (Å²) in [6.07, 6.45) is 0. The van der Waals surface area contributed by atoms with Gasteiger partial charge in [-0.1, -0.05) is 41.9 Å². The number of nitrogens with zero attached hydrogens (tertiary/aromatic N) is 3. The Morgan fingerprint density at radius 3 is 2.42 bits per heavy atom. The molecule has 0 aromatic heterocycles. The van der Waals surface area contributed by atoms with E-state index >= 15 is 0 Å². The molecule has 0 saturated carbocycles. The summed E-state index contributed by atoms with van der Waals surface area (Å²) in [6.45, 7) is 2.29. The number of amides is 3. The van der Waals surface area contributed by atoms with Gasteiger partial charge in [-0.2, -0.15) is 0 Å². The first-order chi connectivity index (χ1) is 15.0. The van der Waals surface area contributed by atoms with Crippen LogP contribution in [-0.4, -0.2) is 53.8 Å². The molecule has 3 aromatic rings. The van der Waals surface area contributed by atoms with Gasteiger partial charge in [-0.3, -0.25) is 19.3 Å². The number of hydrogen-bond donors (Lipinski definition) is 0. The van der Waals surface area contributed by atoms with Gasteiger partial charge in [0.25, 0.3) is 5.91 Å². The maximum absolute atomic E-state index is 13.0. The third-order valence-electron chi connectivity index (χ3n) is 5.42. The van der Waals surface area contributed by atoms with Crippen molar-refractivity contribution in [2.45, 2.75) is 6.92 Å². The molecule has 1 saturated heterocycles. The number of anilines is 1. The number of carbonyl (C=O) groups excluding carboxylic acids is 3. The first-order valence-corrected chi connectivity index (χ1v) is 10.5. The number of fused-ring (bicyclic) bond motifs is 1. The lowest BCUT2D eigenvalue weighted by Crippen LogP contribution is -2.42. The Balaban J connectivity index is 1.45. The van der Waals surface area contributed by atoms with Crippen LogP contribution in [0.5, 0.6) is 0 Å². The van der Waals surface area contributed by atoms with Crippen LogP contribution < -0.4 is 4.90 Å². The van der Waals surface area contributed by atoms with Crippen LogP contribution in [-0.2, 0) is 9.59 Å². The van der Waals surface area contributed by atoms with Gasteiger partial charge in [-0.15, -0.1) is 0 Å². The molecule has 0 spiro atoms. The van der Waals surface area contributed by atoms with E-state index in [4.69, 9.17) is 11.6 Å². The fourth-order valence-corrected chi connectivity index (χ4v) is 3.78. The van der Waals surface area contributed by atoms with Gasteiger partial charge in [0.05, 0.1) is 0 Å². The minimum absolute atomic E-state index is 0.0107. The predicted octanol–water partition coefficient (Wildman–Crippen LogP) is 3.79. The molecule has 1 fully saturated rings. The van der Waals surface area contributed by atoms with Crippen molar-refractivity contribution in [1.29, 1.82) is 0 Å². The molecule has 0 aliphatic carbocycles. The van der Waals surface area contributed by atoms with Gasteiger partial charge in [-0.05, 0) is 54.1 Å². The summed E-state index contributed by atoms with van der Waals surface area (Å²) in [7, 11) is 0. The summed E-state index contributed by atoms with van der Waals surface area (Å²) in [5, 5.41) is 2.60. The van der Waals surface area contributed by atoms with E-state index in [1.54, 1.807) is 30.3 Å². The van der Waals surface area contributed by atoms with E-state index in [9.17, 15) is 14.4 Å². The van der Waals surface area contributed by atoms with Gasteiger partial charge in [0.2, 0.25) is 11.8 Å². The van der Waals surface area contributed by atoms with Crippen molar-refractivity contribution in [3.05, 3.63) is 77.3 Å². The van der Waals surface area contributed by atoms with Gasteiger partial charge in [0, 0.05) is 22.8 Å². The highest BCUT2D eigenvalue weighted by Gasteiger charge is 2.32. The molecule has 0 bridgehead atoms. The van der Waals surface area contributed by atoms with Crippen LogP contribution in [0.15, 0.2) is 66.7 Å². The SMILES string of the molecule is CCN(CC(=O)N1CC(=O)N(c2ccc(Cl)cc2)C1)C(=O)c1ccc2ccccc2c1. The molecule has 4 rings (SSSR count). The maximum atomic E-state index is 13.0. The van der Waals surface area contributed by atoms with E-state index in [0.717, 1.165) is 10.8 Å². The highest BCUT2D eigenvalue weighted by Crippen LogP contribution is 2.22. The monoisotopic (exact) mass is 435 g/mol. The van der Waals surface area contributed by atoms with Gasteiger partial charge < -0.3 is 9.80 Å². The van der Waals surface area contributed by atoms with E-state index in [2.05, 4.69) is 0 Å². The Hall–Kier alpha value is -3.38. The molecule has 0 radical (unpaired) electrons. The number of hydrogen-bond acceptors (Lipinski definition) is 3. The van der Waals surface area contributed by atoms with Gasteiger partial charge >= 0.3 is 0 Å². The molecular weight excluding hydrogens is 414 g/mol. The summed E-state index contributed by atoms with van der Waals surface area (Å²) in [5.74, 6) is -0.637. The molecule has 0 atom stereocenters. The Morgan fingerprint density at radius 2 is 1.71 bits per heavy atom. The van der Waals surface area contributed by atoms with Crippen molar-refractivity contribution in [2.24, 2.45) is 0 Å². The number of carbonyl (C=O) groups is 3. The molecule has 3 aromatic carbocycles. The second-order valence-electron chi connectivity index (χ2n) is 7.41. The Morgan fingerprint density at radius 1 is 1.00 bits per heavy atom. The number of benzene rings is 3. The van der Waals surface area contributed by atoms with E-state index in [-0.39, 0.29) is 37.5 Å². The first kappa shape index (κ1) is 20.9. The normalized spacial score (nSPS) is 13.7. The van der Waals surface area contributed by atoms with E-state index in [1.165, 1.54) is 14.7 Å². The second kappa shape index (κ2) is 8.78. The zero-order valence-corrected chi connectivity index (χ0v) is 17.9. The average molecular weight is 436 g/mol. The van der Waals surface area contributed by atoms with Crippen molar-refractivity contribution in [2.75, 3.05) is 31.2 Å². The van der Waals surface area contributed by atoms with Crippen LogP contribution in [0.2, 0.25) is 5.02 Å². The van der Waals surface area contributed by atoms with Crippen molar-refractivity contribution in [3.63, 3.8) is 0 Å². The van der Waals surface area contributed by atoms with Crippen LogP contribution in [0.25, 0.3) is 10.8 Å².